The number of hydrogen-bond acceptors (Lipinski definition) is 8. The molecule has 4 amide bonds. The van der Waals surface area contributed by atoms with Gasteiger partial charge in [0.1, 0.15) is 30.3 Å². The molecular formula is C63H87F2N9O5. The van der Waals surface area contributed by atoms with Crippen LogP contribution in [0.4, 0.5) is 13.6 Å². The first-order chi connectivity index (χ1) is 37.2. The Morgan fingerprint density at radius 2 is 1.16 bits per heavy atom. The summed E-state index contributed by atoms with van der Waals surface area (Å²) in [4.78, 5) is 71.9. The number of nitrogens with one attached hydrogen (secondary N) is 3. The van der Waals surface area contributed by atoms with Crippen LogP contribution in [-0.2, 0) is 25.7 Å². The minimum absolute atomic E-state index is 0. The number of carbonyl (C=O) groups is 4. The first kappa shape index (κ1) is 57.8. The maximum absolute atomic E-state index is 14.6. The van der Waals surface area contributed by atoms with Crippen LogP contribution in [0.1, 0.15) is 149 Å². The zero-order valence-corrected chi connectivity index (χ0v) is 47.1. The second-order valence-corrected chi connectivity index (χ2v) is 25.6. The van der Waals surface area contributed by atoms with Gasteiger partial charge in [-0.15, -0.1) is 0 Å². The molecule has 2 aliphatic carbocycles. The van der Waals surface area contributed by atoms with Crippen LogP contribution in [0.25, 0.3) is 21.8 Å². The highest BCUT2D eigenvalue weighted by Gasteiger charge is 2.56. The van der Waals surface area contributed by atoms with Crippen molar-refractivity contribution in [3.63, 3.8) is 0 Å². The summed E-state index contributed by atoms with van der Waals surface area (Å²) in [7, 11) is 1.53. The Morgan fingerprint density at radius 3 is 1.62 bits per heavy atom. The molecule has 0 bridgehead atoms. The van der Waals surface area contributed by atoms with Gasteiger partial charge < -0.3 is 35.6 Å². The molecule has 9 atom stereocenters. The van der Waals surface area contributed by atoms with Crippen molar-refractivity contribution in [1.82, 2.24) is 39.8 Å². The Morgan fingerprint density at radius 1 is 0.696 bits per heavy atom. The van der Waals surface area contributed by atoms with Crippen molar-refractivity contribution >= 4 is 45.6 Å². The molecule has 4 aliphatic heterocycles. The monoisotopic (exact) mass is 1090 g/mol. The number of nitrogens with zero attached hydrogens (tertiary/aromatic N) is 5. The quantitative estimate of drug-likeness (QED) is 0.102. The van der Waals surface area contributed by atoms with Crippen LogP contribution in [0.15, 0.2) is 79.1 Å². The molecule has 6 aliphatic rings. The van der Waals surface area contributed by atoms with Crippen molar-refractivity contribution in [3.05, 3.63) is 107 Å². The van der Waals surface area contributed by atoms with E-state index in [4.69, 9.17) is 10.5 Å². The number of carbonyl (C=O) groups excluding carboxylic acids is 4. The van der Waals surface area contributed by atoms with Gasteiger partial charge in [-0.2, -0.15) is 0 Å². The number of aromatic nitrogens is 2. The number of halogens is 2. The summed E-state index contributed by atoms with van der Waals surface area (Å²) in [6, 6.07) is 18.8. The van der Waals surface area contributed by atoms with Crippen molar-refractivity contribution in [2.24, 2.45) is 16.6 Å². The van der Waals surface area contributed by atoms with Crippen molar-refractivity contribution < 1.29 is 32.7 Å². The zero-order valence-electron chi connectivity index (χ0n) is 47.1. The van der Waals surface area contributed by atoms with E-state index >= 15 is 0 Å². The maximum Gasteiger partial charge on any atom is 0.410 e. The Labute approximate surface area is 466 Å². The minimum atomic E-state index is -0.856. The number of hydrogen-bond donors (Lipinski definition) is 4. The highest BCUT2D eigenvalue weighted by molar-refractivity contribution is 5.92. The number of likely N-dealkylation sites (N-methyl/N-ethyl adjacent to an activating group) is 1. The van der Waals surface area contributed by atoms with Gasteiger partial charge in [-0.3, -0.25) is 29.1 Å². The lowest BCUT2D eigenvalue weighted by molar-refractivity contribution is -0.141. The second kappa shape index (κ2) is 23.3. The molecule has 2 saturated carbocycles. The predicted octanol–water partition coefficient (Wildman–Crippen LogP) is 10.4. The van der Waals surface area contributed by atoms with Gasteiger partial charge in [0.05, 0.1) is 18.1 Å². The summed E-state index contributed by atoms with van der Waals surface area (Å²) >= 11 is 0. The van der Waals surface area contributed by atoms with Crippen LogP contribution in [-0.4, -0.2) is 146 Å². The number of nitrogens with two attached hydrogens (primary N) is 1. The van der Waals surface area contributed by atoms with E-state index in [0.29, 0.717) is 24.7 Å². The molecule has 6 heterocycles. The first-order valence-electron chi connectivity index (χ1n) is 28.8. The lowest BCUT2D eigenvalue weighted by Gasteiger charge is -2.38. The van der Waals surface area contributed by atoms with Crippen molar-refractivity contribution in [2.45, 2.75) is 193 Å². The summed E-state index contributed by atoms with van der Waals surface area (Å²) in [6.45, 7) is 16.9. The van der Waals surface area contributed by atoms with E-state index in [1.165, 1.54) is 87.1 Å². The molecular weight excluding hydrogens is 1000 g/mol. The maximum atomic E-state index is 14.6. The molecule has 5 N–H and O–H groups in total. The van der Waals surface area contributed by atoms with Gasteiger partial charge in [-0.05, 0) is 109 Å². The molecule has 11 rings (SSSR count). The summed E-state index contributed by atoms with van der Waals surface area (Å²) in [5.74, 6) is -0.703. The molecule has 16 heteroatoms. The number of aromatic amines is 2. The SMILES string of the molecule is C.CC(C)(C)[C@H](N)C(=O)N1CC[C@@H]2[C@H]1[C@H](c1c[nH]c3cc(F)ccc13)CN2C1CCCC1.C[C@@H](C(=O)N[C@H](C(=O)N1CC[C@@H]2[C@H]1[C@H](c1c[nH]c3cc(F)ccc13)CN2C1CCCC1)C(C)(C)C)N(C)C(=O)OCc1ccccc1. The highest BCUT2D eigenvalue weighted by atomic mass is 19.1. The van der Waals surface area contributed by atoms with Gasteiger partial charge in [-0.25, -0.2) is 13.6 Å². The van der Waals surface area contributed by atoms with Crippen molar-refractivity contribution in [3.8, 4) is 0 Å². The smallest absolute Gasteiger partial charge is 0.410 e. The number of fused-ring (bicyclic) bond motifs is 4. The van der Waals surface area contributed by atoms with Crippen LogP contribution >= 0.6 is 0 Å². The average molecular weight is 1090 g/mol. The van der Waals surface area contributed by atoms with E-state index in [1.54, 1.807) is 13.0 Å². The number of benzene rings is 3. The van der Waals surface area contributed by atoms with Crippen LogP contribution in [0.5, 0.6) is 0 Å². The van der Waals surface area contributed by atoms with Crippen LogP contribution in [0.3, 0.4) is 0 Å². The molecule has 2 aromatic heterocycles. The van der Waals surface area contributed by atoms with E-state index in [2.05, 4.69) is 30.0 Å². The molecule has 5 aromatic rings. The third kappa shape index (κ3) is 11.6. The topological polar surface area (TPSA) is 163 Å². The Balaban J connectivity index is 0.000000205. The largest absolute Gasteiger partial charge is 0.445 e. The van der Waals surface area contributed by atoms with Gasteiger partial charge in [-0.1, -0.05) is 105 Å². The van der Waals surface area contributed by atoms with Crippen LogP contribution in [0, 0.1) is 22.5 Å². The molecule has 14 nitrogen and oxygen atoms in total. The van der Waals surface area contributed by atoms with Gasteiger partial charge >= 0.3 is 6.09 Å². The third-order valence-corrected chi connectivity index (χ3v) is 18.7. The molecule has 0 unspecified atom stereocenters. The lowest BCUT2D eigenvalue weighted by Crippen LogP contribution is -2.59. The lowest BCUT2D eigenvalue weighted by atomic mass is 9.84. The van der Waals surface area contributed by atoms with E-state index in [0.717, 1.165) is 65.4 Å². The van der Waals surface area contributed by atoms with E-state index in [1.807, 2.05) is 101 Å². The third-order valence-electron chi connectivity index (χ3n) is 18.7. The molecule has 0 spiro atoms. The minimum Gasteiger partial charge on any atom is -0.445 e. The van der Waals surface area contributed by atoms with Gasteiger partial charge in [0.2, 0.25) is 17.7 Å². The van der Waals surface area contributed by atoms with Crippen molar-refractivity contribution in [1.29, 1.82) is 0 Å². The standard InChI is InChI=1S/C37H48FN5O4.C25H35FN4O.CH4/c1-23(41(5)36(46)47-22-24-11-7-6-8-12-24)34(44)40-33(37(2,3)4)35(45)42-18-17-31-32(42)29(21-43(31)26-13-9-10-14-26)28-20-39-30-19-25(38)15-16-27(28)30;1-25(2,3)23(27)24(31)29-11-10-21-22(29)19(14-30(21)16-6-4-5-7-16)18-13-28-20-12-15(26)8-9-17(18)20;/h6-8,11-12,15-16,19-20,23,26,29,31-33,39H,9-10,13-14,17-18,21-22H2,1-5H3,(H,40,44);8-9,12-13,16,19,21-23,28H,4-7,10-11,14,27H2,1-3H3;1H4/t23-,29-,31+,32+,33+;19-,21+,22+,23+;/m00./s1. The van der Waals surface area contributed by atoms with E-state index in [9.17, 15) is 28.0 Å². The predicted molar refractivity (Wildman–Crippen MR) is 307 cm³/mol. The van der Waals surface area contributed by atoms with Crippen molar-refractivity contribution in [2.75, 3.05) is 33.2 Å². The number of amides is 4. The van der Waals surface area contributed by atoms with Crippen LogP contribution < -0.4 is 11.1 Å². The highest BCUT2D eigenvalue weighted by Crippen LogP contribution is 2.48. The summed E-state index contributed by atoms with van der Waals surface area (Å²) < 4.78 is 33.3. The van der Waals surface area contributed by atoms with E-state index < -0.39 is 35.5 Å². The van der Waals surface area contributed by atoms with Gasteiger partial charge in [0, 0.05) is 103 Å². The van der Waals surface area contributed by atoms with Crippen LogP contribution in [0.2, 0.25) is 0 Å². The molecule has 428 valence electrons. The Kier molecular flexibility index (Phi) is 17.1. The Bertz CT molecular complexity index is 2960. The first-order valence-corrected chi connectivity index (χ1v) is 28.8. The number of H-pyrrole nitrogens is 2. The normalized spacial score (nSPS) is 24.9. The fourth-order valence-electron chi connectivity index (χ4n) is 14.3. The number of rotatable bonds is 11. The average Bonchev–Trinajstić information content (AvgIpc) is 4.20. The van der Waals surface area contributed by atoms with E-state index in [-0.39, 0.29) is 72.9 Å². The summed E-state index contributed by atoms with van der Waals surface area (Å²) in [5, 5.41) is 5.09. The fourth-order valence-corrected chi connectivity index (χ4v) is 14.3. The second-order valence-electron chi connectivity index (χ2n) is 25.6. The molecule has 79 heavy (non-hydrogen) atoms. The zero-order chi connectivity index (χ0) is 55.4. The number of likely N-dealkylation sites (tertiary alicyclic amines) is 4. The summed E-state index contributed by atoms with van der Waals surface area (Å²) in [5.41, 5.74) is 10.3. The molecule has 0 radical (unpaired) electrons. The Hall–Kier alpha value is -5.84. The van der Waals surface area contributed by atoms with Gasteiger partial charge in [0.15, 0.2) is 0 Å². The molecule has 6 fully saturated rings. The number of ether oxygens (including phenoxy) is 1. The summed E-state index contributed by atoms with van der Waals surface area (Å²) in [6.07, 6.45) is 15.2. The fraction of sp³-hybridized carbons (Fsp3) is 0.587. The molecule has 4 saturated heterocycles. The van der Waals surface area contributed by atoms with Gasteiger partial charge in [0.25, 0.3) is 0 Å². The molecule has 3 aromatic carbocycles.